The van der Waals surface area contributed by atoms with Gasteiger partial charge in [-0.05, 0) is 18.2 Å². The first-order chi connectivity index (χ1) is 5.27. The molecule has 0 amide bonds. The Kier molecular flexibility index (Phi) is 1.62. The van der Waals surface area contributed by atoms with Crippen molar-refractivity contribution in [3.05, 3.63) is 28.2 Å². The summed E-state index contributed by atoms with van der Waals surface area (Å²) in [4.78, 5) is 0. The van der Waals surface area contributed by atoms with Crippen molar-refractivity contribution in [2.24, 2.45) is 5.73 Å². The summed E-state index contributed by atoms with van der Waals surface area (Å²) >= 11 is 3.38. The van der Waals surface area contributed by atoms with Gasteiger partial charge in [0.15, 0.2) is 0 Å². The van der Waals surface area contributed by atoms with Gasteiger partial charge in [-0.3, -0.25) is 0 Å². The molecule has 2 nitrogen and oxygen atoms in total. The van der Waals surface area contributed by atoms with Crippen LogP contribution in [-0.4, -0.2) is 6.61 Å². The first-order valence-corrected chi connectivity index (χ1v) is 4.24. The summed E-state index contributed by atoms with van der Waals surface area (Å²) < 4.78 is 6.37. The highest BCUT2D eigenvalue weighted by molar-refractivity contribution is 9.10. The molecule has 2 N–H and O–H groups in total. The number of halogens is 1. The van der Waals surface area contributed by atoms with E-state index in [1.807, 2.05) is 18.2 Å². The zero-order valence-electron chi connectivity index (χ0n) is 5.88. The zero-order valence-corrected chi connectivity index (χ0v) is 7.47. The molecule has 1 atom stereocenters. The Labute approximate surface area is 73.5 Å². The molecule has 0 spiro atoms. The van der Waals surface area contributed by atoms with Gasteiger partial charge in [-0.15, -0.1) is 0 Å². The minimum absolute atomic E-state index is 0.0440. The van der Waals surface area contributed by atoms with Crippen LogP contribution in [0.25, 0.3) is 0 Å². The Morgan fingerprint density at radius 2 is 2.36 bits per heavy atom. The Morgan fingerprint density at radius 1 is 1.55 bits per heavy atom. The van der Waals surface area contributed by atoms with Crippen LogP contribution >= 0.6 is 15.9 Å². The molecule has 0 saturated heterocycles. The van der Waals surface area contributed by atoms with Gasteiger partial charge in [0.1, 0.15) is 12.4 Å². The van der Waals surface area contributed by atoms with Gasteiger partial charge in [0, 0.05) is 10.0 Å². The lowest BCUT2D eigenvalue weighted by atomic mass is 10.1. The summed E-state index contributed by atoms with van der Waals surface area (Å²) in [5, 5.41) is 0. The van der Waals surface area contributed by atoms with Crippen molar-refractivity contribution in [1.29, 1.82) is 0 Å². The van der Waals surface area contributed by atoms with E-state index in [0.29, 0.717) is 6.61 Å². The summed E-state index contributed by atoms with van der Waals surface area (Å²) in [6.45, 7) is 0.603. The van der Waals surface area contributed by atoms with Gasteiger partial charge in [-0.2, -0.15) is 0 Å². The second-order valence-corrected chi connectivity index (χ2v) is 3.52. The lowest BCUT2D eigenvalue weighted by molar-refractivity contribution is 0.333. The average Bonchev–Trinajstić information content (AvgIpc) is 2.33. The number of nitrogens with two attached hydrogens (primary N) is 1. The Hall–Kier alpha value is -0.540. The Morgan fingerprint density at radius 3 is 3.18 bits per heavy atom. The van der Waals surface area contributed by atoms with Crippen LogP contribution in [0, 0.1) is 0 Å². The summed E-state index contributed by atoms with van der Waals surface area (Å²) in [6, 6.07) is 5.94. The van der Waals surface area contributed by atoms with Gasteiger partial charge in [-0.25, -0.2) is 0 Å². The average molecular weight is 214 g/mol. The molecule has 1 aromatic carbocycles. The molecule has 0 bridgehead atoms. The molecule has 11 heavy (non-hydrogen) atoms. The molecular weight excluding hydrogens is 206 g/mol. The quantitative estimate of drug-likeness (QED) is 0.715. The van der Waals surface area contributed by atoms with E-state index in [1.165, 1.54) is 0 Å². The molecule has 0 aromatic heterocycles. The SMILES string of the molecule is N[C@H]1COc2ccc(Br)cc21. The topological polar surface area (TPSA) is 35.2 Å². The minimum Gasteiger partial charge on any atom is -0.491 e. The molecule has 58 valence electrons. The highest BCUT2D eigenvalue weighted by Crippen LogP contribution is 2.32. The Balaban J connectivity index is 2.52. The van der Waals surface area contributed by atoms with Crippen molar-refractivity contribution in [1.82, 2.24) is 0 Å². The van der Waals surface area contributed by atoms with Crippen LogP contribution in [-0.2, 0) is 0 Å². The predicted molar refractivity (Wildman–Crippen MR) is 46.6 cm³/mol. The second kappa shape index (κ2) is 2.50. The molecule has 3 heteroatoms. The monoisotopic (exact) mass is 213 g/mol. The van der Waals surface area contributed by atoms with E-state index in [0.717, 1.165) is 15.8 Å². The molecule has 0 saturated carbocycles. The van der Waals surface area contributed by atoms with Crippen LogP contribution in [0.5, 0.6) is 5.75 Å². The fraction of sp³-hybridized carbons (Fsp3) is 0.250. The number of fused-ring (bicyclic) bond motifs is 1. The van der Waals surface area contributed by atoms with Crippen LogP contribution in [0.15, 0.2) is 22.7 Å². The highest BCUT2D eigenvalue weighted by Gasteiger charge is 2.19. The highest BCUT2D eigenvalue weighted by atomic mass is 79.9. The number of ether oxygens (including phenoxy) is 1. The van der Waals surface area contributed by atoms with Crippen LogP contribution < -0.4 is 10.5 Å². The van der Waals surface area contributed by atoms with E-state index >= 15 is 0 Å². The normalized spacial score (nSPS) is 21.1. The molecule has 1 aliphatic rings. The van der Waals surface area contributed by atoms with E-state index in [-0.39, 0.29) is 6.04 Å². The maximum absolute atomic E-state index is 5.77. The standard InChI is InChI=1S/C8H8BrNO/c9-5-1-2-8-6(3-5)7(10)4-11-8/h1-3,7H,4,10H2/t7-/m0/s1. The van der Waals surface area contributed by atoms with Crippen molar-refractivity contribution in [3.8, 4) is 5.75 Å². The maximum atomic E-state index is 5.77. The van der Waals surface area contributed by atoms with Crippen LogP contribution in [0.1, 0.15) is 11.6 Å². The summed E-state index contributed by atoms with van der Waals surface area (Å²) in [6.07, 6.45) is 0. The van der Waals surface area contributed by atoms with E-state index in [9.17, 15) is 0 Å². The van der Waals surface area contributed by atoms with Crippen LogP contribution in [0.4, 0.5) is 0 Å². The number of hydrogen-bond donors (Lipinski definition) is 1. The lowest BCUT2D eigenvalue weighted by Gasteiger charge is -1.99. The first-order valence-electron chi connectivity index (χ1n) is 3.45. The van der Waals surface area contributed by atoms with Crippen molar-refractivity contribution >= 4 is 15.9 Å². The third-order valence-electron chi connectivity index (χ3n) is 1.79. The third-order valence-corrected chi connectivity index (χ3v) is 2.28. The van der Waals surface area contributed by atoms with Crippen molar-refractivity contribution in [3.63, 3.8) is 0 Å². The van der Waals surface area contributed by atoms with E-state index in [2.05, 4.69) is 15.9 Å². The van der Waals surface area contributed by atoms with Gasteiger partial charge in [0.05, 0.1) is 6.04 Å². The minimum atomic E-state index is 0.0440. The summed E-state index contributed by atoms with van der Waals surface area (Å²) in [5.74, 6) is 0.917. The van der Waals surface area contributed by atoms with Crippen LogP contribution in [0.3, 0.4) is 0 Å². The maximum Gasteiger partial charge on any atom is 0.124 e. The number of rotatable bonds is 0. The largest absolute Gasteiger partial charge is 0.491 e. The summed E-state index contributed by atoms with van der Waals surface area (Å²) in [7, 11) is 0. The Bertz CT molecular complexity index is 287. The molecule has 1 aromatic rings. The van der Waals surface area contributed by atoms with Gasteiger partial charge >= 0.3 is 0 Å². The summed E-state index contributed by atoms with van der Waals surface area (Å²) in [5.41, 5.74) is 6.87. The van der Waals surface area contributed by atoms with Gasteiger partial charge in [0.25, 0.3) is 0 Å². The van der Waals surface area contributed by atoms with Gasteiger partial charge in [-0.1, -0.05) is 15.9 Å². The molecule has 2 rings (SSSR count). The molecule has 0 unspecified atom stereocenters. The fourth-order valence-corrected chi connectivity index (χ4v) is 1.59. The molecule has 0 fully saturated rings. The second-order valence-electron chi connectivity index (χ2n) is 2.60. The number of hydrogen-bond acceptors (Lipinski definition) is 2. The van der Waals surface area contributed by atoms with Crippen LogP contribution in [0.2, 0.25) is 0 Å². The van der Waals surface area contributed by atoms with Crippen molar-refractivity contribution < 1.29 is 4.74 Å². The third kappa shape index (κ3) is 1.14. The van der Waals surface area contributed by atoms with Crippen molar-refractivity contribution in [2.75, 3.05) is 6.61 Å². The zero-order chi connectivity index (χ0) is 7.84. The van der Waals surface area contributed by atoms with Gasteiger partial charge < -0.3 is 10.5 Å². The lowest BCUT2D eigenvalue weighted by Crippen LogP contribution is -2.10. The first kappa shape index (κ1) is 7.13. The smallest absolute Gasteiger partial charge is 0.124 e. The fourth-order valence-electron chi connectivity index (χ4n) is 1.21. The molecule has 0 radical (unpaired) electrons. The van der Waals surface area contributed by atoms with Gasteiger partial charge in [0.2, 0.25) is 0 Å². The van der Waals surface area contributed by atoms with E-state index in [1.54, 1.807) is 0 Å². The number of benzene rings is 1. The molecule has 1 heterocycles. The molecular formula is C8H8BrNO. The van der Waals surface area contributed by atoms with Crippen molar-refractivity contribution in [2.45, 2.75) is 6.04 Å². The predicted octanol–water partition coefficient (Wildman–Crippen LogP) is 1.84. The van der Waals surface area contributed by atoms with E-state index < -0.39 is 0 Å². The molecule has 1 aliphatic heterocycles. The molecule has 0 aliphatic carbocycles. The van der Waals surface area contributed by atoms with E-state index in [4.69, 9.17) is 10.5 Å².